The number of carbonyl (C=O) groups is 2. The van der Waals surface area contributed by atoms with E-state index < -0.39 is 17.6 Å². The van der Waals surface area contributed by atoms with Gasteiger partial charge in [-0.25, -0.2) is 0 Å². The lowest BCUT2D eigenvalue weighted by Gasteiger charge is -2.23. The van der Waals surface area contributed by atoms with Crippen molar-refractivity contribution in [2.75, 3.05) is 78.9 Å². The lowest BCUT2D eigenvalue weighted by Crippen LogP contribution is -2.43. The molecule has 0 fully saturated rings. The number of esters is 2. The highest BCUT2D eigenvalue weighted by Crippen LogP contribution is 2.17. The molecule has 0 rings (SSSR count). The van der Waals surface area contributed by atoms with E-state index in [-0.39, 0.29) is 36.7 Å². The number of hydrogen-bond acceptors (Lipinski definition) is 12. The van der Waals surface area contributed by atoms with Gasteiger partial charge < -0.3 is 36.0 Å². The lowest BCUT2D eigenvalue weighted by atomic mass is 10.7. The Morgan fingerprint density at radius 1 is 0.600 bits per heavy atom. The molecule has 30 heavy (non-hydrogen) atoms. The predicted octanol–water partition coefficient (Wildman–Crippen LogP) is 1.30. The monoisotopic (exact) mass is 506 g/mol. The molecule has 0 aromatic carbocycles. The minimum absolute atomic E-state index is 0.0236. The topological polar surface area (TPSA) is 108 Å². The molecule has 14 heteroatoms. The minimum atomic E-state index is -2.62. The molecule has 0 unspecified atom stereocenters. The highest BCUT2D eigenvalue weighted by Gasteiger charge is 2.37. The molecule has 0 amide bonds. The molecule has 0 spiro atoms. The Hall–Kier alpha value is -0.166. The summed E-state index contributed by atoms with van der Waals surface area (Å²) >= 11 is 2.80. The maximum atomic E-state index is 11.7. The zero-order valence-electron chi connectivity index (χ0n) is 18.6. The van der Waals surface area contributed by atoms with Gasteiger partial charge >= 0.3 is 29.5 Å². The summed E-state index contributed by atoms with van der Waals surface area (Å²) in [5.41, 5.74) is 0. The van der Waals surface area contributed by atoms with Crippen LogP contribution in [-0.2, 0) is 45.6 Å². The second-order valence-electron chi connectivity index (χ2n) is 5.64. The summed E-state index contributed by atoms with van der Waals surface area (Å²) in [7, 11) is 4.05. The Labute approximate surface area is 189 Å². The second-order valence-corrected chi connectivity index (χ2v) is 14.0. The van der Waals surface area contributed by atoms with Crippen LogP contribution in [0.2, 0.25) is 12.1 Å². The summed E-state index contributed by atoms with van der Waals surface area (Å²) in [6.45, 7) is 0.0471. The van der Waals surface area contributed by atoms with Gasteiger partial charge in [0.2, 0.25) is 0 Å². The smallest absolute Gasteiger partial charge is 0.461 e. The maximum Gasteiger partial charge on any atom is 0.500 e. The largest absolute Gasteiger partial charge is 0.500 e. The Morgan fingerprint density at radius 3 is 1.17 bits per heavy atom. The van der Waals surface area contributed by atoms with Crippen molar-refractivity contribution < 1.29 is 45.6 Å². The predicted molar refractivity (Wildman–Crippen MR) is 120 cm³/mol. The van der Waals surface area contributed by atoms with Crippen LogP contribution in [-0.4, -0.2) is 108 Å². The van der Waals surface area contributed by atoms with E-state index in [1.807, 2.05) is 0 Å². The first-order valence-corrected chi connectivity index (χ1v) is 15.3. The number of ether oxygens (including phenoxy) is 2. The Kier molecular flexibility index (Phi) is 17.3. The molecule has 0 aliphatic rings. The van der Waals surface area contributed by atoms with Crippen LogP contribution in [0.25, 0.3) is 0 Å². The van der Waals surface area contributed by atoms with Gasteiger partial charge in [-0.05, 0) is 11.5 Å². The van der Waals surface area contributed by atoms with Crippen molar-refractivity contribution in [1.82, 2.24) is 0 Å². The third-order valence-corrected chi connectivity index (χ3v) is 12.1. The van der Waals surface area contributed by atoms with Gasteiger partial charge in [-0.3, -0.25) is 9.59 Å². The first kappa shape index (κ1) is 29.8. The summed E-state index contributed by atoms with van der Waals surface area (Å²) in [6, 6.07) is 1.18. The molecular formula is C16H34O10S2Si2. The van der Waals surface area contributed by atoms with Crippen LogP contribution < -0.4 is 0 Å². The van der Waals surface area contributed by atoms with Gasteiger partial charge in [0, 0.05) is 54.7 Å². The molecule has 0 aromatic heterocycles. The minimum Gasteiger partial charge on any atom is -0.461 e. The Balaban J connectivity index is 3.79. The van der Waals surface area contributed by atoms with E-state index in [2.05, 4.69) is 0 Å². The molecule has 0 aliphatic heterocycles. The molecule has 0 bridgehead atoms. The fraction of sp³-hybridized carbons (Fsp3) is 0.875. The number of hydrogen-bond donors (Lipinski definition) is 0. The summed E-state index contributed by atoms with van der Waals surface area (Å²) in [5.74, 6) is 0.922. The van der Waals surface area contributed by atoms with Crippen LogP contribution in [0.3, 0.4) is 0 Å². The molecule has 0 heterocycles. The highest BCUT2D eigenvalue weighted by atomic mass is 32.2. The first-order valence-electron chi connectivity index (χ1n) is 9.14. The van der Waals surface area contributed by atoms with Crippen molar-refractivity contribution in [3.8, 4) is 0 Å². The van der Waals surface area contributed by atoms with Crippen LogP contribution in [0.5, 0.6) is 0 Å². The van der Waals surface area contributed by atoms with Crippen molar-refractivity contribution in [2.45, 2.75) is 12.1 Å². The summed E-state index contributed by atoms with van der Waals surface area (Å²) in [4.78, 5) is 23.4. The molecule has 0 N–H and O–H groups in total. The Bertz CT molecular complexity index is 420. The van der Waals surface area contributed by atoms with Crippen LogP contribution in [0, 0.1) is 0 Å². The lowest BCUT2D eigenvalue weighted by molar-refractivity contribution is -0.148. The van der Waals surface area contributed by atoms with Crippen LogP contribution in [0.1, 0.15) is 0 Å². The maximum absolute atomic E-state index is 11.7. The molecule has 0 aromatic rings. The van der Waals surface area contributed by atoms with E-state index in [1.165, 1.54) is 23.5 Å². The zero-order chi connectivity index (χ0) is 22.9. The van der Waals surface area contributed by atoms with E-state index >= 15 is 0 Å². The number of rotatable bonds is 19. The highest BCUT2D eigenvalue weighted by molar-refractivity contribution is 8.00. The standard InChI is InChI=1S/C16H34O10S2Si2/c1-19-29(20-2,21-3)11-9-27-13-15(17)25-7-8-26-16(18)14-28-10-12-30(22-4,23-5)24-6/h7-14H2,1-6H3. The number of thioether (sulfide) groups is 2. The SMILES string of the molecule is CO[Si](CCSCC(=O)OCCOC(=O)CSCC[Si](OC)(OC)OC)(OC)OC. The van der Waals surface area contributed by atoms with Gasteiger partial charge in [0.15, 0.2) is 0 Å². The second kappa shape index (κ2) is 17.4. The van der Waals surface area contributed by atoms with Crippen LogP contribution >= 0.6 is 23.5 Å². The van der Waals surface area contributed by atoms with E-state index in [0.717, 1.165) is 0 Å². The average molecular weight is 507 g/mol. The quantitative estimate of drug-likeness (QED) is 0.143. The van der Waals surface area contributed by atoms with Gasteiger partial charge in [0.1, 0.15) is 13.2 Å². The zero-order valence-corrected chi connectivity index (χ0v) is 22.2. The average Bonchev–Trinajstić information content (AvgIpc) is 2.78. The van der Waals surface area contributed by atoms with Crippen molar-refractivity contribution in [1.29, 1.82) is 0 Å². The van der Waals surface area contributed by atoms with E-state index in [4.69, 9.17) is 36.0 Å². The molecule has 10 nitrogen and oxygen atoms in total. The fourth-order valence-electron chi connectivity index (χ4n) is 2.21. The van der Waals surface area contributed by atoms with E-state index in [9.17, 15) is 9.59 Å². The summed E-state index contributed by atoms with van der Waals surface area (Å²) in [5, 5.41) is 0. The summed E-state index contributed by atoms with van der Waals surface area (Å²) < 4.78 is 42.0. The third-order valence-electron chi connectivity index (χ3n) is 4.02. The molecule has 178 valence electrons. The van der Waals surface area contributed by atoms with Crippen molar-refractivity contribution in [2.24, 2.45) is 0 Å². The molecule has 0 saturated heterocycles. The van der Waals surface area contributed by atoms with Crippen molar-refractivity contribution in [3.05, 3.63) is 0 Å². The molecule has 0 aliphatic carbocycles. The van der Waals surface area contributed by atoms with Gasteiger partial charge in [-0.2, -0.15) is 23.5 Å². The van der Waals surface area contributed by atoms with Crippen molar-refractivity contribution >= 4 is 53.1 Å². The molecular weight excluding hydrogens is 472 g/mol. The van der Waals surface area contributed by atoms with Crippen LogP contribution in [0.4, 0.5) is 0 Å². The van der Waals surface area contributed by atoms with Crippen LogP contribution in [0.15, 0.2) is 0 Å². The fourth-order valence-corrected chi connectivity index (χ4v) is 8.38. The van der Waals surface area contributed by atoms with Gasteiger partial charge in [-0.15, -0.1) is 0 Å². The van der Waals surface area contributed by atoms with E-state index in [1.54, 1.807) is 42.7 Å². The molecule has 0 atom stereocenters. The molecule has 0 radical (unpaired) electrons. The summed E-state index contributed by atoms with van der Waals surface area (Å²) in [6.07, 6.45) is 0. The van der Waals surface area contributed by atoms with Gasteiger partial charge in [0.25, 0.3) is 0 Å². The van der Waals surface area contributed by atoms with Gasteiger partial charge in [0.05, 0.1) is 11.5 Å². The first-order chi connectivity index (χ1) is 14.4. The Morgan fingerprint density at radius 2 is 0.900 bits per heavy atom. The van der Waals surface area contributed by atoms with Gasteiger partial charge in [-0.1, -0.05) is 0 Å². The van der Waals surface area contributed by atoms with E-state index in [0.29, 0.717) is 23.6 Å². The van der Waals surface area contributed by atoms with Crippen molar-refractivity contribution in [3.63, 3.8) is 0 Å². The normalized spacial score (nSPS) is 12.1. The number of carbonyl (C=O) groups excluding carboxylic acids is 2. The third kappa shape index (κ3) is 12.0. The molecule has 0 saturated carbocycles.